The van der Waals surface area contributed by atoms with Gasteiger partial charge in [-0.05, 0) is 24.2 Å². The number of hydrogen-bond acceptors (Lipinski definition) is 3. The zero-order valence-electron chi connectivity index (χ0n) is 11.2. The fraction of sp³-hybridized carbons (Fsp3) is 0.583. The highest BCUT2D eigenvalue weighted by Crippen LogP contribution is 2.37. The minimum atomic E-state index is -1.78. The molecule has 0 aliphatic rings. The summed E-state index contributed by atoms with van der Waals surface area (Å²) in [6.07, 6.45) is 1.60. The highest BCUT2D eigenvalue weighted by atomic mass is 35.5. The molecule has 0 aliphatic heterocycles. The van der Waals surface area contributed by atoms with Crippen LogP contribution in [0, 0.1) is 0 Å². The van der Waals surface area contributed by atoms with E-state index >= 15 is 0 Å². The highest BCUT2D eigenvalue weighted by molar-refractivity contribution is 6.74. The Morgan fingerprint density at radius 1 is 1.41 bits per heavy atom. The van der Waals surface area contributed by atoms with Crippen molar-refractivity contribution >= 4 is 25.6 Å². The lowest BCUT2D eigenvalue weighted by atomic mass is 10.2. The molecule has 0 atom stereocenters. The van der Waals surface area contributed by atoms with E-state index in [2.05, 4.69) is 38.8 Å². The molecule has 0 spiro atoms. The van der Waals surface area contributed by atoms with Crippen LogP contribution in [0.2, 0.25) is 23.3 Å². The molecule has 0 saturated carbocycles. The Hall–Kier alpha value is -0.583. The fourth-order valence-corrected chi connectivity index (χ4v) is 2.25. The maximum Gasteiger partial charge on any atom is 0.192 e. The first-order valence-corrected chi connectivity index (χ1v) is 8.96. The summed E-state index contributed by atoms with van der Waals surface area (Å²) in [4.78, 5) is 4.02. The normalized spacial score (nSPS) is 12.8. The summed E-state index contributed by atoms with van der Waals surface area (Å²) >= 11 is 6.02. The molecule has 0 amide bonds. The maximum absolute atomic E-state index is 6.08. The number of nitrogens with zero attached hydrogens (tertiary/aromatic N) is 1. The number of nitrogens with two attached hydrogens (primary N) is 1. The standard InChI is InChI=1S/C12H21ClN2OSi/c1-12(2,3)17(4,5)16-8-9-10(14)6-7-15-11(9)13/h6-7H,8H2,1-5H3,(H2,14,15). The van der Waals surface area contributed by atoms with Gasteiger partial charge in [0, 0.05) is 17.4 Å². The first-order chi connectivity index (χ1) is 7.65. The minimum absolute atomic E-state index is 0.177. The van der Waals surface area contributed by atoms with Crippen LogP contribution in [-0.2, 0) is 11.0 Å². The van der Waals surface area contributed by atoms with Crippen molar-refractivity contribution in [2.75, 3.05) is 5.73 Å². The minimum Gasteiger partial charge on any atom is -0.412 e. The Morgan fingerprint density at radius 2 is 2.00 bits per heavy atom. The SMILES string of the molecule is CC(C)(C)[Si](C)(C)OCc1c(N)ccnc1Cl. The Morgan fingerprint density at radius 3 is 2.47 bits per heavy atom. The topological polar surface area (TPSA) is 48.1 Å². The summed E-state index contributed by atoms with van der Waals surface area (Å²) in [6.45, 7) is 11.4. The number of aromatic nitrogens is 1. The molecule has 3 nitrogen and oxygen atoms in total. The van der Waals surface area contributed by atoms with Crippen LogP contribution in [0.1, 0.15) is 26.3 Å². The molecule has 1 rings (SSSR count). The van der Waals surface area contributed by atoms with Crippen LogP contribution in [0.15, 0.2) is 12.3 Å². The number of nitrogen functional groups attached to an aromatic ring is 1. The molecule has 5 heteroatoms. The molecule has 0 saturated heterocycles. The molecule has 0 radical (unpaired) electrons. The zero-order valence-corrected chi connectivity index (χ0v) is 12.9. The first-order valence-electron chi connectivity index (χ1n) is 5.68. The van der Waals surface area contributed by atoms with Crippen molar-refractivity contribution in [1.29, 1.82) is 0 Å². The van der Waals surface area contributed by atoms with Crippen LogP contribution in [0.5, 0.6) is 0 Å². The number of halogens is 1. The van der Waals surface area contributed by atoms with Crippen molar-refractivity contribution in [2.24, 2.45) is 0 Å². The number of rotatable bonds is 3. The van der Waals surface area contributed by atoms with Gasteiger partial charge in [-0.25, -0.2) is 4.98 Å². The van der Waals surface area contributed by atoms with Crippen LogP contribution in [0.3, 0.4) is 0 Å². The van der Waals surface area contributed by atoms with Crippen molar-refractivity contribution in [2.45, 2.75) is 45.5 Å². The molecule has 17 heavy (non-hydrogen) atoms. The van der Waals surface area contributed by atoms with Crippen molar-refractivity contribution < 1.29 is 4.43 Å². The van der Waals surface area contributed by atoms with Gasteiger partial charge in [0.1, 0.15) is 5.15 Å². The van der Waals surface area contributed by atoms with Gasteiger partial charge in [0.15, 0.2) is 8.32 Å². The third-order valence-corrected chi connectivity index (χ3v) is 8.23. The fourth-order valence-electron chi connectivity index (χ4n) is 1.09. The van der Waals surface area contributed by atoms with E-state index < -0.39 is 8.32 Å². The smallest absolute Gasteiger partial charge is 0.192 e. The van der Waals surface area contributed by atoms with Crippen LogP contribution >= 0.6 is 11.6 Å². The van der Waals surface area contributed by atoms with E-state index in [0.717, 1.165) is 5.56 Å². The average molecular weight is 273 g/mol. The van der Waals surface area contributed by atoms with Gasteiger partial charge < -0.3 is 10.2 Å². The Kier molecular flexibility index (Phi) is 4.22. The molecule has 1 aromatic rings. The Bertz CT molecular complexity index is 382. The Balaban J connectivity index is 2.81. The number of pyridine rings is 1. The zero-order chi connectivity index (χ0) is 13.3. The second-order valence-electron chi connectivity index (χ2n) is 5.72. The van der Waals surface area contributed by atoms with E-state index in [-0.39, 0.29) is 5.04 Å². The molecular formula is C12H21ClN2OSi. The van der Waals surface area contributed by atoms with Gasteiger partial charge in [0.25, 0.3) is 0 Å². The van der Waals surface area contributed by atoms with Crippen LogP contribution < -0.4 is 5.73 Å². The molecule has 0 bridgehead atoms. The predicted molar refractivity (Wildman–Crippen MR) is 75.6 cm³/mol. The van der Waals surface area contributed by atoms with E-state index in [9.17, 15) is 0 Å². The van der Waals surface area contributed by atoms with Gasteiger partial charge >= 0.3 is 0 Å². The second kappa shape index (κ2) is 4.96. The van der Waals surface area contributed by atoms with Crippen molar-refractivity contribution in [3.63, 3.8) is 0 Å². The van der Waals surface area contributed by atoms with Gasteiger partial charge in [-0.2, -0.15) is 0 Å². The van der Waals surface area contributed by atoms with Gasteiger partial charge in [0.05, 0.1) is 6.61 Å². The third-order valence-electron chi connectivity index (χ3n) is 3.42. The summed E-state index contributed by atoms with van der Waals surface area (Å²) in [6, 6.07) is 1.75. The summed E-state index contributed by atoms with van der Waals surface area (Å²) < 4.78 is 6.08. The monoisotopic (exact) mass is 272 g/mol. The quantitative estimate of drug-likeness (QED) is 0.672. The Labute approximate surface area is 109 Å². The largest absolute Gasteiger partial charge is 0.412 e. The van der Waals surface area contributed by atoms with Crippen molar-refractivity contribution in [1.82, 2.24) is 4.98 Å². The lowest BCUT2D eigenvalue weighted by Gasteiger charge is -2.36. The number of anilines is 1. The van der Waals surface area contributed by atoms with Gasteiger partial charge in [-0.15, -0.1) is 0 Å². The van der Waals surface area contributed by atoms with Crippen LogP contribution in [-0.4, -0.2) is 13.3 Å². The molecule has 0 aromatic carbocycles. The summed E-state index contributed by atoms with van der Waals surface area (Å²) in [5, 5.41) is 0.611. The molecule has 0 unspecified atom stereocenters. The highest BCUT2D eigenvalue weighted by Gasteiger charge is 2.37. The molecule has 96 valence electrons. The summed E-state index contributed by atoms with van der Waals surface area (Å²) in [7, 11) is -1.78. The molecule has 0 aliphatic carbocycles. The predicted octanol–water partition coefficient (Wildman–Crippen LogP) is 3.84. The van der Waals surface area contributed by atoms with Gasteiger partial charge in [-0.1, -0.05) is 32.4 Å². The lowest BCUT2D eigenvalue weighted by molar-refractivity contribution is 0.276. The average Bonchev–Trinajstić information content (AvgIpc) is 2.15. The first kappa shape index (κ1) is 14.5. The van der Waals surface area contributed by atoms with Crippen molar-refractivity contribution in [3.05, 3.63) is 23.0 Å². The second-order valence-corrected chi connectivity index (χ2v) is 10.9. The molecule has 1 aromatic heterocycles. The molecule has 2 N–H and O–H groups in total. The van der Waals surface area contributed by atoms with E-state index in [1.807, 2.05) is 0 Å². The molecular weight excluding hydrogens is 252 g/mol. The van der Waals surface area contributed by atoms with E-state index in [1.165, 1.54) is 0 Å². The maximum atomic E-state index is 6.08. The lowest BCUT2D eigenvalue weighted by Crippen LogP contribution is -2.40. The van der Waals surface area contributed by atoms with Crippen LogP contribution in [0.25, 0.3) is 0 Å². The van der Waals surface area contributed by atoms with Crippen LogP contribution in [0.4, 0.5) is 5.69 Å². The van der Waals surface area contributed by atoms with E-state index in [1.54, 1.807) is 12.3 Å². The van der Waals surface area contributed by atoms with Gasteiger partial charge in [-0.3, -0.25) is 0 Å². The third kappa shape index (κ3) is 3.44. The van der Waals surface area contributed by atoms with E-state index in [4.69, 9.17) is 21.8 Å². The molecule has 1 heterocycles. The summed E-state index contributed by atoms with van der Waals surface area (Å²) in [5.74, 6) is 0. The molecule has 0 fully saturated rings. The number of hydrogen-bond donors (Lipinski definition) is 1. The summed E-state index contributed by atoms with van der Waals surface area (Å²) in [5.41, 5.74) is 7.30. The van der Waals surface area contributed by atoms with E-state index in [0.29, 0.717) is 17.4 Å². The van der Waals surface area contributed by atoms with Gasteiger partial charge in [0.2, 0.25) is 0 Å². The van der Waals surface area contributed by atoms with Crippen molar-refractivity contribution in [3.8, 4) is 0 Å².